The van der Waals surface area contributed by atoms with Gasteiger partial charge in [0.2, 0.25) is 11.9 Å². The van der Waals surface area contributed by atoms with E-state index in [0.29, 0.717) is 17.1 Å². The largest absolute Gasteiger partial charge is 0.355 e. The van der Waals surface area contributed by atoms with Gasteiger partial charge in [0.15, 0.2) is 0 Å². The molecule has 0 bridgehead atoms. The number of carbonyl (C=O) groups excluding carboxylic acids is 2. The molecule has 8 nitrogen and oxygen atoms in total. The molecule has 0 spiro atoms. The molecular weight excluding hydrogens is 392 g/mol. The molecule has 1 saturated heterocycles. The lowest BCUT2D eigenvalue weighted by molar-refractivity contribution is -0.120. The molecule has 1 aliphatic rings. The van der Waals surface area contributed by atoms with E-state index in [2.05, 4.69) is 30.4 Å². The predicted molar refractivity (Wildman–Crippen MR) is 112 cm³/mol. The van der Waals surface area contributed by atoms with Crippen molar-refractivity contribution in [2.75, 3.05) is 50.7 Å². The van der Waals surface area contributed by atoms with E-state index >= 15 is 0 Å². The van der Waals surface area contributed by atoms with E-state index in [-0.39, 0.29) is 18.4 Å². The van der Waals surface area contributed by atoms with Gasteiger partial charge >= 0.3 is 0 Å². The Labute approximate surface area is 175 Å². The van der Waals surface area contributed by atoms with Crippen LogP contribution in [0.25, 0.3) is 0 Å². The smallest absolute Gasteiger partial charge is 0.253 e. The average Bonchev–Trinajstić information content (AvgIpc) is 2.76. The van der Waals surface area contributed by atoms with Crippen LogP contribution in [0.3, 0.4) is 0 Å². The zero-order valence-corrected chi connectivity index (χ0v) is 16.9. The number of rotatable bonds is 8. The van der Waals surface area contributed by atoms with E-state index in [9.17, 15) is 9.59 Å². The van der Waals surface area contributed by atoms with E-state index in [1.54, 1.807) is 36.7 Å². The second kappa shape index (κ2) is 10.7. The summed E-state index contributed by atoms with van der Waals surface area (Å²) in [5.74, 6) is 0.209. The van der Waals surface area contributed by atoms with E-state index in [4.69, 9.17) is 11.6 Å². The zero-order chi connectivity index (χ0) is 20.5. The highest BCUT2D eigenvalue weighted by molar-refractivity contribution is 6.33. The molecule has 9 heteroatoms. The summed E-state index contributed by atoms with van der Waals surface area (Å²) in [6.45, 7) is 5.09. The summed E-state index contributed by atoms with van der Waals surface area (Å²) < 4.78 is 0. The van der Waals surface area contributed by atoms with Crippen molar-refractivity contribution < 1.29 is 9.59 Å². The first-order chi connectivity index (χ1) is 14.1. The maximum absolute atomic E-state index is 12.0. The number of hydrogen-bond donors (Lipinski definition) is 2. The van der Waals surface area contributed by atoms with E-state index in [1.807, 2.05) is 6.07 Å². The molecule has 1 aliphatic heterocycles. The first-order valence-corrected chi connectivity index (χ1v) is 10.0. The molecule has 0 atom stereocenters. The maximum Gasteiger partial charge on any atom is 0.253 e. The lowest BCUT2D eigenvalue weighted by Crippen LogP contribution is -2.47. The zero-order valence-electron chi connectivity index (χ0n) is 16.2. The minimum Gasteiger partial charge on any atom is -0.355 e. The normalized spacial score (nSPS) is 14.4. The van der Waals surface area contributed by atoms with Gasteiger partial charge in [-0.3, -0.25) is 14.5 Å². The van der Waals surface area contributed by atoms with Crippen LogP contribution in [0.2, 0.25) is 5.02 Å². The maximum atomic E-state index is 12.0. The first kappa shape index (κ1) is 21.0. The van der Waals surface area contributed by atoms with Gasteiger partial charge in [-0.2, -0.15) is 0 Å². The highest BCUT2D eigenvalue weighted by atomic mass is 35.5. The third-order valence-corrected chi connectivity index (χ3v) is 5.04. The quantitative estimate of drug-likeness (QED) is 0.628. The van der Waals surface area contributed by atoms with Gasteiger partial charge in [-0.25, -0.2) is 9.97 Å². The highest BCUT2D eigenvalue weighted by Crippen LogP contribution is 2.14. The number of amides is 2. The molecule has 3 rings (SSSR count). The summed E-state index contributed by atoms with van der Waals surface area (Å²) in [6, 6.07) is 8.56. The van der Waals surface area contributed by atoms with Crippen molar-refractivity contribution in [1.29, 1.82) is 0 Å². The summed E-state index contributed by atoms with van der Waals surface area (Å²) >= 11 is 5.98. The van der Waals surface area contributed by atoms with Crippen LogP contribution in [-0.2, 0) is 4.79 Å². The Bertz CT molecular complexity index is 812. The van der Waals surface area contributed by atoms with Crippen molar-refractivity contribution in [3.63, 3.8) is 0 Å². The van der Waals surface area contributed by atoms with Crippen LogP contribution < -0.4 is 15.5 Å². The molecule has 0 aliphatic carbocycles. The van der Waals surface area contributed by atoms with Gasteiger partial charge in [0.1, 0.15) is 0 Å². The van der Waals surface area contributed by atoms with Gasteiger partial charge in [0.05, 0.1) is 17.1 Å². The summed E-state index contributed by atoms with van der Waals surface area (Å²) in [4.78, 5) is 37.1. The fraction of sp³-hybridized carbons (Fsp3) is 0.400. The minimum absolute atomic E-state index is 0.0696. The Kier molecular flexibility index (Phi) is 7.77. The lowest BCUT2D eigenvalue weighted by Gasteiger charge is -2.34. The third-order valence-electron chi connectivity index (χ3n) is 4.71. The number of nitrogens with zero attached hydrogens (tertiary/aromatic N) is 4. The lowest BCUT2D eigenvalue weighted by atomic mass is 10.2. The average molecular weight is 417 g/mol. The minimum atomic E-state index is -0.356. The molecule has 2 N–H and O–H groups in total. The van der Waals surface area contributed by atoms with Gasteiger partial charge in [-0.05, 0) is 31.2 Å². The summed E-state index contributed by atoms with van der Waals surface area (Å²) in [5.41, 5.74) is 0.363. The Morgan fingerprint density at radius 1 is 1.00 bits per heavy atom. The molecule has 29 heavy (non-hydrogen) atoms. The number of halogens is 1. The van der Waals surface area contributed by atoms with Crippen LogP contribution in [-0.4, -0.2) is 72.5 Å². The Morgan fingerprint density at radius 2 is 1.72 bits per heavy atom. The number of carbonyl (C=O) groups is 2. The fourth-order valence-corrected chi connectivity index (χ4v) is 3.34. The number of hydrogen-bond acceptors (Lipinski definition) is 6. The van der Waals surface area contributed by atoms with Gasteiger partial charge in [0, 0.05) is 45.1 Å². The molecule has 2 heterocycles. The number of nitrogens with one attached hydrogen (secondary N) is 2. The number of piperazine rings is 1. The second-order valence-electron chi connectivity index (χ2n) is 6.74. The van der Waals surface area contributed by atoms with E-state index < -0.39 is 0 Å². The Morgan fingerprint density at radius 3 is 2.45 bits per heavy atom. The molecule has 0 saturated carbocycles. The van der Waals surface area contributed by atoms with E-state index in [0.717, 1.165) is 45.1 Å². The SMILES string of the molecule is O=C(CNC(=O)c1ccccc1Cl)NCCCN1CCN(c2ncccn2)CC1. The van der Waals surface area contributed by atoms with Gasteiger partial charge in [-0.1, -0.05) is 23.7 Å². The van der Waals surface area contributed by atoms with Crippen LogP contribution in [0.15, 0.2) is 42.7 Å². The highest BCUT2D eigenvalue weighted by Gasteiger charge is 2.18. The van der Waals surface area contributed by atoms with Crippen molar-refractivity contribution in [2.45, 2.75) is 6.42 Å². The van der Waals surface area contributed by atoms with Crippen molar-refractivity contribution in [3.05, 3.63) is 53.3 Å². The van der Waals surface area contributed by atoms with Crippen molar-refractivity contribution in [1.82, 2.24) is 25.5 Å². The van der Waals surface area contributed by atoms with Gasteiger partial charge in [0.25, 0.3) is 5.91 Å². The molecule has 0 radical (unpaired) electrons. The molecule has 0 unspecified atom stereocenters. The molecule has 1 fully saturated rings. The van der Waals surface area contributed by atoms with Gasteiger partial charge < -0.3 is 15.5 Å². The first-order valence-electron chi connectivity index (χ1n) is 9.67. The fourth-order valence-electron chi connectivity index (χ4n) is 3.12. The van der Waals surface area contributed by atoms with Crippen LogP contribution in [0.1, 0.15) is 16.8 Å². The molecule has 1 aromatic heterocycles. The monoisotopic (exact) mass is 416 g/mol. The van der Waals surface area contributed by atoms with E-state index in [1.165, 1.54) is 0 Å². The van der Waals surface area contributed by atoms with Crippen LogP contribution in [0.4, 0.5) is 5.95 Å². The van der Waals surface area contributed by atoms with Crippen LogP contribution in [0, 0.1) is 0 Å². The molecule has 2 aromatic rings. The molecular formula is C20H25ClN6O2. The number of benzene rings is 1. The molecule has 1 aromatic carbocycles. The van der Waals surface area contributed by atoms with Crippen molar-refractivity contribution >= 4 is 29.4 Å². The Hall–Kier alpha value is -2.71. The summed E-state index contributed by atoms with van der Waals surface area (Å²) in [6.07, 6.45) is 4.37. The number of anilines is 1. The van der Waals surface area contributed by atoms with Crippen LogP contribution in [0.5, 0.6) is 0 Å². The van der Waals surface area contributed by atoms with Crippen LogP contribution >= 0.6 is 11.6 Å². The summed E-state index contributed by atoms with van der Waals surface area (Å²) in [5, 5.41) is 5.79. The number of aromatic nitrogens is 2. The van der Waals surface area contributed by atoms with Gasteiger partial charge in [-0.15, -0.1) is 0 Å². The predicted octanol–water partition coefficient (Wildman–Crippen LogP) is 1.19. The third kappa shape index (κ3) is 6.40. The van der Waals surface area contributed by atoms with Crippen molar-refractivity contribution in [2.24, 2.45) is 0 Å². The molecule has 154 valence electrons. The Balaban J connectivity index is 1.27. The topological polar surface area (TPSA) is 90.5 Å². The standard InChI is InChI=1S/C20H25ClN6O2/c21-17-6-2-1-5-16(17)19(29)25-15-18(28)22-9-4-10-26-11-13-27(14-12-26)20-23-7-3-8-24-20/h1-3,5-8H,4,9-15H2,(H,22,28)(H,25,29). The second-order valence-corrected chi connectivity index (χ2v) is 7.15. The van der Waals surface area contributed by atoms with Crippen molar-refractivity contribution in [3.8, 4) is 0 Å². The molecule has 2 amide bonds. The summed E-state index contributed by atoms with van der Waals surface area (Å²) in [7, 11) is 0.